The summed E-state index contributed by atoms with van der Waals surface area (Å²) in [7, 11) is 1.55. The van der Waals surface area contributed by atoms with Gasteiger partial charge in [-0.3, -0.25) is 19.2 Å². The number of halogens is 3. The van der Waals surface area contributed by atoms with Crippen LogP contribution in [0.4, 0.5) is 0 Å². The lowest BCUT2D eigenvalue weighted by atomic mass is 9.86. The van der Waals surface area contributed by atoms with E-state index in [4.69, 9.17) is 23.2 Å². The predicted octanol–water partition coefficient (Wildman–Crippen LogP) is 6.48. The van der Waals surface area contributed by atoms with Crippen LogP contribution in [0.3, 0.4) is 0 Å². The first-order chi connectivity index (χ1) is 22.7. The highest BCUT2D eigenvalue weighted by Crippen LogP contribution is 2.25. The minimum absolute atomic E-state index is 0.0307. The zero-order chi connectivity index (χ0) is 35.0. The zero-order valence-electron chi connectivity index (χ0n) is 27.8. The maximum Gasteiger partial charge on any atom is 0.243 e. The van der Waals surface area contributed by atoms with Crippen molar-refractivity contribution in [3.05, 3.63) is 104 Å². The Morgan fingerprint density at radius 1 is 0.812 bits per heavy atom. The molecule has 4 amide bonds. The van der Waals surface area contributed by atoms with Gasteiger partial charge in [-0.2, -0.15) is 0 Å². The molecule has 3 aromatic carbocycles. The third kappa shape index (κ3) is 10.5. The SMILES string of the molecule is CN1C(=O)CN(Cc2cccc(Br)c2)C(=O)CCCCNC(=O)[C@@H](Cc2ccc(C(C)(C)C)cc2)NC(=O)[C@@H]1Cc1ccc(Cl)c(Cl)c1. The van der Waals surface area contributed by atoms with Gasteiger partial charge in [0.15, 0.2) is 0 Å². The molecule has 1 heterocycles. The second-order valence-corrected chi connectivity index (χ2v) is 15.0. The van der Waals surface area contributed by atoms with Gasteiger partial charge in [0.05, 0.1) is 10.0 Å². The van der Waals surface area contributed by atoms with Gasteiger partial charge in [0, 0.05) is 43.9 Å². The van der Waals surface area contributed by atoms with Crippen LogP contribution in [0.25, 0.3) is 0 Å². The van der Waals surface area contributed by atoms with Gasteiger partial charge < -0.3 is 20.4 Å². The molecule has 1 fully saturated rings. The number of benzene rings is 3. The third-order valence-electron chi connectivity index (χ3n) is 8.53. The average molecular weight is 759 g/mol. The average Bonchev–Trinajstić information content (AvgIpc) is 3.03. The summed E-state index contributed by atoms with van der Waals surface area (Å²) in [5.74, 6) is -1.42. The van der Waals surface area contributed by atoms with E-state index in [1.165, 1.54) is 9.80 Å². The molecule has 0 aliphatic carbocycles. The van der Waals surface area contributed by atoms with E-state index in [0.29, 0.717) is 35.0 Å². The summed E-state index contributed by atoms with van der Waals surface area (Å²) in [5.41, 5.74) is 3.56. The molecule has 4 rings (SSSR count). The molecule has 3 aromatic rings. The van der Waals surface area contributed by atoms with E-state index >= 15 is 0 Å². The first-order valence-corrected chi connectivity index (χ1v) is 17.7. The number of likely N-dealkylation sites (N-methyl/N-ethyl adjacent to an activating group) is 1. The van der Waals surface area contributed by atoms with Crippen LogP contribution < -0.4 is 10.6 Å². The highest BCUT2D eigenvalue weighted by Gasteiger charge is 2.32. The fraction of sp³-hybridized carbons (Fsp3) is 0.405. The van der Waals surface area contributed by atoms with Crippen molar-refractivity contribution in [1.82, 2.24) is 20.4 Å². The molecule has 0 aromatic heterocycles. The lowest BCUT2D eigenvalue weighted by Crippen LogP contribution is -2.56. The highest BCUT2D eigenvalue weighted by molar-refractivity contribution is 9.10. The van der Waals surface area contributed by atoms with Crippen LogP contribution in [-0.4, -0.2) is 65.6 Å². The van der Waals surface area contributed by atoms with Crippen LogP contribution in [0, 0.1) is 0 Å². The number of hydrogen-bond acceptors (Lipinski definition) is 4. The lowest BCUT2D eigenvalue weighted by molar-refractivity contribution is -0.144. The first-order valence-electron chi connectivity index (χ1n) is 16.1. The van der Waals surface area contributed by atoms with E-state index in [9.17, 15) is 19.2 Å². The van der Waals surface area contributed by atoms with Gasteiger partial charge >= 0.3 is 0 Å². The van der Waals surface area contributed by atoms with Crippen molar-refractivity contribution in [2.45, 2.75) is 76.9 Å². The maximum absolute atomic E-state index is 14.1. The Hall–Kier alpha value is -3.40. The summed E-state index contributed by atoms with van der Waals surface area (Å²) in [5, 5.41) is 6.60. The summed E-state index contributed by atoms with van der Waals surface area (Å²) in [6.07, 6.45) is 1.69. The molecule has 0 bridgehead atoms. The fourth-order valence-electron chi connectivity index (χ4n) is 5.58. The Kier molecular flexibility index (Phi) is 13.1. The van der Waals surface area contributed by atoms with Crippen molar-refractivity contribution in [2.24, 2.45) is 0 Å². The van der Waals surface area contributed by atoms with Gasteiger partial charge in [-0.05, 0) is 64.8 Å². The summed E-state index contributed by atoms with van der Waals surface area (Å²) < 4.78 is 0.864. The number of rotatable bonds is 6. The standard InChI is InChI=1S/C37H43BrCl2N4O4/c1-37(2,3)27-14-11-24(12-15-27)20-31-35(47)41-17-6-5-10-33(45)44(22-26-8-7-9-28(38)18-26)23-34(46)43(4)32(36(48)42-31)21-25-13-16-29(39)30(40)19-25/h7-9,11-16,18-19,31-32H,5-6,10,17,20-23H2,1-4H3,(H,41,47)(H,42,48)/t31-,32+/m1/s1. The van der Waals surface area contributed by atoms with Crippen LogP contribution in [0.15, 0.2) is 71.2 Å². The van der Waals surface area contributed by atoms with Crippen LogP contribution in [0.2, 0.25) is 10.0 Å². The van der Waals surface area contributed by atoms with Gasteiger partial charge in [0.2, 0.25) is 23.6 Å². The molecule has 1 saturated heterocycles. The van der Waals surface area contributed by atoms with E-state index in [0.717, 1.165) is 21.2 Å². The van der Waals surface area contributed by atoms with E-state index in [1.54, 1.807) is 25.2 Å². The van der Waals surface area contributed by atoms with E-state index < -0.39 is 23.9 Å². The van der Waals surface area contributed by atoms with Gasteiger partial charge in [0.1, 0.15) is 18.6 Å². The van der Waals surface area contributed by atoms with Crippen molar-refractivity contribution < 1.29 is 19.2 Å². The van der Waals surface area contributed by atoms with E-state index in [1.807, 2.05) is 48.5 Å². The third-order valence-corrected chi connectivity index (χ3v) is 9.76. The molecular formula is C37H43BrCl2N4O4. The minimum atomic E-state index is -1.01. The summed E-state index contributed by atoms with van der Waals surface area (Å²) in [6, 6.07) is 18.8. The van der Waals surface area contributed by atoms with Gasteiger partial charge in [0.25, 0.3) is 0 Å². The van der Waals surface area contributed by atoms with Crippen LogP contribution >= 0.6 is 39.1 Å². The molecule has 2 N–H and O–H groups in total. The number of nitrogens with zero attached hydrogens (tertiary/aromatic N) is 2. The van der Waals surface area contributed by atoms with Crippen molar-refractivity contribution in [3.63, 3.8) is 0 Å². The molecule has 0 saturated carbocycles. The molecule has 11 heteroatoms. The monoisotopic (exact) mass is 756 g/mol. The molecule has 1 aliphatic heterocycles. The maximum atomic E-state index is 14.1. The number of hydrogen-bond donors (Lipinski definition) is 2. The Bertz CT molecular complexity index is 1630. The molecule has 2 atom stereocenters. The Balaban J connectivity index is 1.66. The first kappa shape index (κ1) is 37.4. The molecule has 0 spiro atoms. The zero-order valence-corrected chi connectivity index (χ0v) is 30.9. The van der Waals surface area contributed by atoms with Crippen LogP contribution in [-0.2, 0) is 44.0 Å². The Labute approximate surface area is 301 Å². The Morgan fingerprint density at radius 2 is 1.52 bits per heavy atom. The molecule has 1 aliphatic rings. The molecule has 0 unspecified atom stereocenters. The molecular weight excluding hydrogens is 715 g/mol. The second-order valence-electron chi connectivity index (χ2n) is 13.3. The lowest BCUT2D eigenvalue weighted by Gasteiger charge is -2.31. The van der Waals surface area contributed by atoms with Gasteiger partial charge in [-0.1, -0.05) is 102 Å². The second kappa shape index (κ2) is 16.8. The quantitative estimate of drug-likeness (QED) is 0.301. The number of carbonyl (C=O) groups is 4. The normalized spacial score (nSPS) is 19.0. The van der Waals surface area contributed by atoms with E-state index in [2.05, 4.69) is 47.3 Å². The molecule has 0 radical (unpaired) electrons. The summed E-state index contributed by atoms with van der Waals surface area (Å²) >= 11 is 15.9. The van der Waals surface area contributed by atoms with Crippen molar-refractivity contribution in [2.75, 3.05) is 20.1 Å². The van der Waals surface area contributed by atoms with Crippen molar-refractivity contribution in [3.8, 4) is 0 Å². The predicted molar refractivity (Wildman–Crippen MR) is 194 cm³/mol. The number of carbonyl (C=O) groups excluding carboxylic acids is 4. The van der Waals surface area contributed by atoms with Crippen LogP contribution in [0.1, 0.15) is 62.3 Å². The molecule has 8 nitrogen and oxygen atoms in total. The largest absolute Gasteiger partial charge is 0.354 e. The topological polar surface area (TPSA) is 98.8 Å². The van der Waals surface area contributed by atoms with Crippen molar-refractivity contribution >= 4 is 62.8 Å². The molecule has 256 valence electrons. The van der Waals surface area contributed by atoms with Gasteiger partial charge in [-0.15, -0.1) is 0 Å². The highest BCUT2D eigenvalue weighted by atomic mass is 79.9. The smallest absolute Gasteiger partial charge is 0.243 e. The van der Waals surface area contributed by atoms with E-state index in [-0.39, 0.29) is 49.6 Å². The fourth-order valence-corrected chi connectivity index (χ4v) is 6.35. The van der Waals surface area contributed by atoms with Crippen molar-refractivity contribution in [1.29, 1.82) is 0 Å². The summed E-state index contributed by atoms with van der Waals surface area (Å²) in [6.45, 7) is 6.76. The number of amides is 4. The minimum Gasteiger partial charge on any atom is -0.354 e. The number of nitrogens with one attached hydrogen (secondary N) is 2. The summed E-state index contributed by atoms with van der Waals surface area (Å²) in [4.78, 5) is 57.9. The Morgan fingerprint density at radius 3 is 2.19 bits per heavy atom. The van der Waals surface area contributed by atoms with Crippen LogP contribution in [0.5, 0.6) is 0 Å². The molecule has 48 heavy (non-hydrogen) atoms. The van der Waals surface area contributed by atoms with Gasteiger partial charge in [-0.25, -0.2) is 0 Å².